The molecule has 0 saturated heterocycles. The number of rotatable bonds is 6. The van der Waals surface area contributed by atoms with Gasteiger partial charge in [-0.05, 0) is 60.5 Å². The van der Waals surface area contributed by atoms with Gasteiger partial charge in [-0.15, -0.1) is 0 Å². The van der Waals surface area contributed by atoms with Gasteiger partial charge in [0.25, 0.3) is 0 Å². The SMILES string of the molecule is COc1cc2occ(-c3ccc(Cl)cc3)c2cc1/C(C)=C/C(=O)Nc1ccc(NC(C)=O)cc1. The van der Waals surface area contributed by atoms with Crippen LogP contribution in [0.4, 0.5) is 11.4 Å². The topological polar surface area (TPSA) is 80.6 Å². The third-order valence-electron chi connectivity index (χ3n) is 5.30. The van der Waals surface area contributed by atoms with Crippen LogP contribution in [0.25, 0.3) is 27.7 Å². The molecule has 0 fully saturated rings. The minimum atomic E-state index is -0.281. The summed E-state index contributed by atoms with van der Waals surface area (Å²) in [6, 6.07) is 18.2. The van der Waals surface area contributed by atoms with Gasteiger partial charge in [0.05, 0.1) is 13.4 Å². The van der Waals surface area contributed by atoms with E-state index in [1.54, 1.807) is 37.6 Å². The summed E-state index contributed by atoms with van der Waals surface area (Å²) in [5.41, 5.74) is 5.37. The van der Waals surface area contributed by atoms with Crippen molar-refractivity contribution in [2.75, 3.05) is 17.7 Å². The van der Waals surface area contributed by atoms with Crippen molar-refractivity contribution in [3.8, 4) is 16.9 Å². The summed E-state index contributed by atoms with van der Waals surface area (Å²) in [5, 5.41) is 7.09. The third-order valence-corrected chi connectivity index (χ3v) is 5.55. The van der Waals surface area contributed by atoms with Gasteiger partial charge in [-0.3, -0.25) is 9.59 Å². The van der Waals surface area contributed by atoms with E-state index in [2.05, 4.69) is 10.6 Å². The van der Waals surface area contributed by atoms with Crippen molar-refractivity contribution in [1.82, 2.24) is 0 Å². The molecular weight excluding hydrogens is 452 g/mol. The normalized spacial score (nSPS) is 11.4. The van der Waals surface area contributed by atoms with E-state index < -0.39 is 0 Å². The number of amides is 2. The minimum absolute atomic E-state index is 0.155. The fourth-order valence-corrected chi connectivity index (χ4v) is 3.80. The maximum atomic E-state index is 12.7. The van der Waals surface area contributed by atoms with Crippen LogP contribution >= 0.6 is 11.6 Å². The second-order valence-corrected chi connectivity index (χ2v) is 8.22. The van der Waals surface area contributed by atoms with Crippen LogP contribution in [0.1, 0.15) is 19.4 Å². The van der Waals surface area contributed by atoms with Gasteiger partial charge in [-0.2, -0.15) is 0 Å². The van der Waals surface area contributed by atoms with Crippen molar-refractivity contribution >= 4 is 51.3 Å². The average molecular weight is 475 g/mol. The van der Waals surface area contributed by atoms with Gasteiger partial charge in [-0.25, -0.2) is 0 Å². The van der Waals surface area contributed by atoms with E-state index in [-0.39, 0.29) is 11.8 Å². The molecule has 0 aliphatic rings. The fourth-order valence-electron chi connectivity index (χ4n) is 3.68. The molecule has 0 aliphatic carbocycles. The Labute approximate surface area is 202 Å². The van der Waals surface area contributed by atoms with Crippen molar-refractivity contribution in [1.29, 1.82) is 0 Å². The Kier molecular flexibility index (Phi) is 6.70. The molecule has 1 heterocycles. The quantitative estimate of drug-likeness (QED) is 0.302. The van der Waals surface area contributed by atoms with Crippen molar-refractivity contribution in [3.05, 3.63) is 83.6 Å². The Bertz CT molecular complexity index is 1390. The summed E-state index contributed by atoms with van der Waals surface area (Å²) in [6.45, 7) is 3.29. The number of nitrogens with one attached hydrogen (secondary N) is 2. The molecule has 172 valence electrons. The number of furan rings is 1. The molecule has 0 bridgehead atoms. The number of carbonyl (C=O) groups excluding carboxylic acids is 2. The smallest absolute Gasteiger partial charge is 0.248 e. The van der Waals surface area contributed by atoms with Crippen LogP contribution in [-0.4, -0.2) is 18.9 Å². The van der Waals surface area contributed by atoms with Crippen LogP contribution in [0.2, 0.25) is 5.02 Å². The highest BCUT2D eigenvalue weighted by Crippen LogP contribution is 2.37. The van der Waals surface area contributed by atoms with Gasteiger partial charge in [0.2, 0.25) is 11.8 Å². The lowest BCUT2D eigenvalue weighted by Gasteiger charge is -2.10. The Morgan fingerprint density at radius 3 is 2.21 bits per heavy atom. The Morgan fingerprint density at radius 1 is 0.941 bits per heavy atom. The molecule has 34 heavy (non-hydrogen) atoms. The van der Waals surface area contributed by atoms with E-state index in [0.29, 0.717) is 27.7 Å². The molecule has 6 nitrogen and oxygen atoms in total. The van der Waals surface area contributed by atoms with Gasteiger partial charge < -0.3 is 19.8 Å². The van der Waals surface area contributed by atoms with Gasteiger partial charge in [0.1, 0.15) is 11.3 Å². The summed E-state index contributed by atoms with van der Waals surface area (Å²) < 4.78 is 11.3. The lowest BCUT2D eigenvalue weighted by molar-refractivity contribution is -0.114. The van der Waals surface area contributed by atoms with Gasteiger partial charge in [0.15, 0.2) is 0 Å². The Balaban J connectivity index is 1.62. The second kappa shape index (κ2) is 9.85. The first-order valence-corrected chi connectivity index (χ1v) is 10.9. The van der Waals surface area contributed by atoms with Crippen molar-refractivity contribution in [3.63, 3.8) is 0 Å². The highest BCUT2D eigenvalue weighted by atomic mass is 35.5. The second-order valence-electron chi connectivity index (χ2n) is 7.78. The van der Waals surface area contributed by atoms with Crippen LogP contribution < -0.4 is 15.4 Å². The first-order chi connectivity index (χ1) is 16.3. The molecule has 2 N–H and O–H groups in total. The van der Waals surface area contributed by atoms with Gasteiger partial charge in [0, 0.05) is 52.0 Å². The van der Waals surface area contributed by atoms with Gasteiger partial charge >= 0.3 is 0 Å². The number of hydrogen-bond acceptors (Lipinski definition) is 4. The molecule has 0 saturated carbocycles. The first kappa shape index (κ1) is 23.1. The Morgan fingerprint density at radius 2 is 1.59 bits per heavy atom. The summed E-state index contributed by atoms with van der Waals surface area (Å²) in [4.78, 5) is 23.8. The van der Waals surface area contributed by atoms with Crippen LogP contribution in [0.3, 0.4) is 0 Å². The zero-order valence-electron chi connectivity index (χ0n) is 18.9. The molecule has 2 amide bonds. The van der Waals surface area contributed by atoms with E-state index in [1.807, 2.05) is 43.3 Å². The van der Waals surface area contributed by atoms with Crippen molar-refractivity contribution in [2.45, 2.75) is 13.8 Å². The van der Waals surface area contributed by atoms with Crippen LogP contribution in [0, 0.1) is 0 Å². The van der Waals surface area contributed by atoms with E-state index in [9.17, 15) is 9.59 Å². The van der Waals surface area contributed by atoms with Crippen LogP contribution in [0.5, 0.6) is 5.75 Å². The molecule has 0 unspecified atom stereocenters. The maximum Gasteiger partial charge on any atom is 0.248 e. The molecule has 0 spiro atoms. The molecule has 3 aromatic carbocycles. The molecular formula is C27H23ClN2O4. The number of anilines is 2. The zero-order valence-corrected chi connectivity index (χ0v) is 19.7. The van der Waals surface area contributed by atoms with Crippen LogP contribution in [-0.2, 0) is 9.59 Å². The number of fused-ring (bicyclic) bond motifs is 1. The van der Waals surface area contributed by atoms with Crippen LogP contribution in [0.15, 0.2) is 77.4 Å². The highest BCUT2D eigenvalue weighted by Gasteiger charge is 2.15. The number of carbonyl (C=O) groups is 2. The molecule has 0 atom stereocenters. The minimum Gasteiger partial charge on any atom is -0.496 e. The molecule has 0 aliphatic heterocycles. The standard InChI is InChI=1S/C27H23ClN2O4/c1-16(12-27(32)30-21-10-8-20(9-11-21)29-17(2)31)22-13-23-24(18-4-6-19(28)7-5-18)15-34-26(23)14-25(22)33-3/h4-15H,1-3H3,(H,29,31)(H,30,32)/b16-12+. The molecule has 4 rings (SSSR count). The lowest BCUT2D eigenvalue weighted by atomic mass is 9.99. The highest BCUT2D eigenvalue weighted by molar-refractivity contribution is 6.30. The predicted octanol–water partition coefficient (Wildman–Crippen LogP) is 6.76. The number of allylic oxidation sites excluding steroid dienone is 1. The molecule has 1 aromatic heterocycles. The molecule has 7 heteroatoms. The third kappa shape index (κ3) is 5.13. The number of hydrogen-bond donors (Lipinski definition) is 2. The summed E-state index contributed by atoms with van der Waals surface area (Å²) in [7, 11) is 1.58. The fraction of sp³-hybridized carbons (Fsp3) is 0.111. The number of halogens is 1. The van der Waals surface area contributed by atoms with Gasteiger partial charge in [-0.1, -0.05) is 23.7 Å². The van der Waals surface area contributed by atoms with E-state index in [0.717, 1.165) is 27.6 Å². The van der Waals surface area contributed by atoms with E-state index in [4.69, 9.17) is 20.8 Å². The molecule has 4 aromatic rings. The largest absolute Gasteiger partial charge is 0.496 e. The summed E-state index contributed by atoms with van der Waals surface area (Å²) >= 11 is 6.03. The maximum absolute atomic E-state index is 12.7. The summed E-state index contributed by atoms with van der Waals surface area (Å²) in [6.07, 6.45) is 3.22. The lowest BCUT2D eigenvalue weighted by Crippen LogP contribution is -2.09. The zero-order chi connectivity index (χ0) is 24.2. The number of ether oxygens (including phenoxy) is 1. The van der Waals surface area contributed by atoms with Crippen molar-refractivity contribution in [2.24, 2.45) is 0 Å². The average Bonchev–Trinajstić information content (AvgIpc) is 3.22. The summed E-state index contributed by atoms with van der Waals surface area (Å²) in [5.74, 6) is 0.167. The number of benzene rings is 3. The molecule has 0 radical (unpaired) electrons. The predicted molar refractivity (Wildman–Crippen MR) is 136 cm³/mol. The van der Waals surface area contributed by atoms with E-state index >= 15 is 0 Å². The monoisotopic (exact) mass is 474 g/mol. The number of methoxy groups -OCH3 is 1. The first-order valence-electron chi connectivity index (χ1n) is 10.6. The van der Waals surface area contributed by atoms with E-state index in [1.165, 1.54) is 13.0 Å². The Hall–Kier alpha value is -4.03. The van der Waals surface area contributed by atoms with Crippen molar-refractivity contribution < 1.29 is 18.7 Å².